The van der Waals surface area contributed by atoms with Crippen LogP contribution in [0.25, 0.3) is 5.78 Å². The van der Waals surface area contributed by atoms with E-state index in [0.29, 0.717) is 35.3 Å². The van der Waals surface area contributed by atoms with Gasteiger partial charge in [-0.15, -0.1) is 0 Å². The summed E-state index contributed by atoms with van der Waals surface area (Å²) in [4.78, 5) is 8.37. The van der Waals surface area contributed by atoms with Gasteiger partial charge in [0.15, 0.2) is 0 Å². The van der Waals surface area contributed by atoms with Gasteiger partial charge in [0, 0.05) is 31.0 Å². The quantitative estimate of drug-likeness (QED) is 0.778. The fourth-order valence-corrected chi connectivity index (χ4v) is 2.07. The third-order valence-corrected chi connectivity index (χ3v) is 2.98. The summed E-state index contributed by atoms with van der Waals surface area (Å²) in [5.41, 5.74) is 1.22. The summed E-state index contributed by atoms with van der Waals surface area (Å²) in [7, 11) is 3.07. The normalized spacial score (nSPS) is 10.9. The molecule has 0 saturated carbocycles. The maximum Gasteiger partial charge on any atom is 0.254 e. The van der Waals surface area contributed by atoms with Gasteiger partial charge in [-0.1, -0.05) is 0 Å². The number of methoxy groups -OCH3 is 2. The van der Waals surface area contributed by atoms with Crippen LogP contribution >= 0.6 is 0 Å². The van der Waals surface area contributed by atoms with Crippen LogP contribution in [0.3, 0.4) is 0 Å². The molecular formula is C14H14FN5O2. The number of nitrogens with zero attached hydrogens (tertiary/aromatic N) is 4. The Kier molecular flexibility index (Phi) is 3.84. The number of halogens is 1. The molecule has 0 aliphatic heterocycles. The van der Waals surface area contributed by atoms with E-state index < -0.39 is 5.82 Å². The molecule has 22 heavy (non-hydrogen) atoms. The summed E-state index contributed by atoms with van der Waals surface area (Å²) in [6.45, 7) is 0.338. The van der Waals surface area contributed by atoms with E-state index in [2.05, 4.69) is 20.4 Å². The summed E-state index contributed by atoms with van der Waals surface area (Å²) in [6, 6.07) is 6.12. The van der Waals surface area contributed by atoms with Crippen molar-refractivity contribution in [2.75, 3.05) is 19.5 Å². The van der Waals surface area contributed by atoms with Gasteiger partial charge in [0.1, 0.15) is 23.7 Å². The highest BCUT2D eigenvalue weighted by molar-refractivity contribution is 5.60. The number of aromatic nitrogens is 4. The molecule has 2 aromatic heterocycles. The molecule has 2 heterocycles. The Morgan fingerprint density at radius 1 is 1.23 bits per heavy atom. The Hall–Kier alpha value is -2.74. The average molecular weight is 303 g/mol. The lowest BCUT2D eigenvalue weighted by Gasteiger charge is -2.11. The summed E-state index contributed by atoms with van der Waals surface area (Å²) in [6.07, 6.45) is 1.40. The summed E-state index contributed by atoms with van der Waals surface area (Å²) in [5, 5.41) is 7.19. The van der Waals surface area contributed by atoms with Crippen molar-refractivity contribution in [1.29, 1.82) is 0 Å². The standard InChI is InChI=1S/C14H14FN5O2/c1-21-7-11-6-13(20-14(19-11)16-8-17-20)18-10-3-9(15)4-12(5-10)22-2/h3-6,8,18H,7H2,1-2H3. The maximum absolute atomic E-state index is 13.6. The van der Waals surface area contributed by atoms with Gasteiger partial charge in [0.2, 0.25) is 0 Å². The molecule has 114 valence electrons. The predicted octanol–water partition coefficient (Wildman–Crippen LogP) is 2.16. The fourth-order valence-electron chi connectivity index (χ4n) is 2.07. The van der Waals surface area contributed by atoms with Gasteiger partial charge in [-0.3, -0.25) is 0 Å². The molecule has 8 heteroatoms. The Balaban J connectivity index is 2.02. The van der Waals surface area contributed by atoms with E-state index in [1.165, 1.54) is 30.1 Å². The average Bonchev–Trinajstić information content (AvgIpc) is 2.95. The molecule has 0 atom stereocenters. The van der Waals surface area contributed by atoms with E-state index in [-0.39, 0.29) is 0 Å². The maximum atomic E-state index is 13.6. The fraction of sp³-hybridized carbons (Fsp3) is 0.214. The van der Waals surface area contributed by atoms with Crippen LogP contribution in [0.15, 0.2) is 30.6 Å². The monoisotopic (exact) mass is 303 g/mol. The van der Waals surface area contributed by atoms with E-state index >= 15 is 0 Å². The molecule has 1 N–H and O–H groups in total. The van der Waals surface area contributed by atoms with E-state index in [1.54, 1.807) is 19.2 Å². The lowest BCUT2D eigenvalue weighted by atomic mass is 10.3. The Morgan fingerprint density at radius 3 is 2.86 bits per heavy atom. The van der Waals surface area contributed by atoms with Crippen molar-refractivity contribution in [2.24, 2.45) is 0 Å². The van der Waals surface area contributed by atoms with Crippen molar-refractivity contribution in [3.8, 4) is 5.75 Å². The van der Waals surface area contributed by atoms with E-state index in [1.807, 2.05) is 0 Å². The van der Waals surface area contributed by atoms with Gasteiger partial charge in [-0.05, 0) is 6.07 Å². The lowest BCUT2D eigenvalue weighted by molar-refractivity contribution is 0.181. The van der Waals surface area contributed by atoms with Crippen molar-refractivity contribution in [3.63, 3.8) is 0 Å². The lowest BCUT2D eigenvalue weighted by Crippen LogP contribution is -2.05. The number of ether oxygens (including phenoxy) is 2. The number of fused-ring (bicyclic) bond motifs is 1. The van der Waals surface area contributed by atoms with Crippen LogP contribution in [0.4, 0.5) is 15.9 Å². The van der Waals surface area contributed by atoms with Crippen LogP contribution in [0, 0.1) is 5.82 Å². The predicted molar refractivity (Wildman–Crippen MR) is 77.7 cm³/mol. The number of hydrogen-bond acceptors (Lipinski definition) is 6. The third kappa shape index (κ3) is 2.82. The highest BCUT2D eigenvalue weighted by Crippen LogP contribution is 2.23. The first-order chi connectivity index (χ1) is 10.7. The van der Waals surface area contributed by atoms with Gasteiger partial charge >= 0.3 is 0 Å². The summed E-state index contributed by atoms with van der Waals surface area (Å²) < 4.78 is 25.3. The molecule has 0 bridgehead atoms. The number of anilines is 2. The highest BCUT2D eigenvalue weighted by Gasteiger charge is 2.09. The Bertz CT molecular complexity index is 805. The second-order valence-electron chi connectivity index (χ2n) is 4.54. The van der Waals surface area contributed by atoms with E-state index in [9.17, 15) is 4.39 Å². The summed E-state index contributed by atoms with van der Waals surface area (Å²) >= 11 is 0. The number of benzene rings is 1. The molecule has 0 aliphatic carbocycles. The molecule has 0 amide bonds. The van der Waals surface area contributed by atoms with Gasteiger partial charge in [0.05, 0.1) is 19.4 Å². The van der Waals surface area contributed by atoms with Crippen molar-refractivity contribution in [3.05, 3.63) is 42.1 Å². The zero-order valence-corrected chi connectivity index (χ0v) is 12.1. The van der Waals surface area contributed by atoms with Crippen molar-refractivity contribution in [1.82, 2.24) is 19.6 Å². The van der Waals surface area contributed by atoms with Crippen LogP contribution in [-0.4, -0.2) is 33.8 Å². The van der Waals surface area contributed by atoms with Crippen molar-refractivity contribution < 1.29 is 13.9 Å². The topological polar surface area (TPSA) is 73.6 Å². The molecule has 0 unspecified atom stereocenters. The largest absolute Gasteiger partial charge is 0.497 e. The Labute approximate surface area is 125 Å². The van der Waals surface area contributed by atoms with Gasteiger partial charge < -0.3 is 14.8 Å². The van der Waals surface area contributed by atoms with Gasteiger partial charge in [0.25, 0.3) is 5.78 Å². The SMILES string of the molecule is COCc1cc(Nc2cc(F)cc(OC)c2)n2ncnc2n1. The van der Waals surface area contributed by atoms with E-state index in [0.717, 1.165) is 0 Å². The minimum atomic E-state index is -0.400. The molecule has 0 aliphatic rings. The van der Waals surface area contributed by atoms with Crippen LogP contribution in [0.5, 0.6) is 5.75 Å². The van der Waals surface area contributed by atoms with Crippen LogP contribution < -0.4 is 10.1 Å². The molecule has 0 fully saturated rings. The van der Waals surface area contributed by atoms with Crippen LogP contribution in [0.1, 0.15) is 5.69 Å². The summed E-state index contributed by atoms with van der Waals surface area (Å²) in [5.74, 6) is 1.05. The molecule has 0 spiro atoms. The van der Waals surface area contributed by atoms with Crippen molar-refractivity contribution in [2.45, 2.75) is 6.61 Å². The highest BCUT2D eigenvalue weighted by atomic mass is 19.1. The van der Waals surface area contributed by atoms with E-state index in [4.69, 9.17) is 9.47 Å². The minimum absolute atomic E-state index is 0.338. The zero-order valence-electron chi connectivity index (χ0n) is 12.1. The molecular weight excluding hydrogens is 289 g/mol. The third-order valence-electron chi connectivity index (χ3n) is 2.98. The van der Waals surface area contributed by atoms with Gasteiger partial charge in [-0.2, -0.15) is 14.6 Å². The first-order valence-corrected chi connectivity index (χ1v) is 6.50. The van der Waals surface area contributed by atoms with Crippen molar-refractivity contribution >= 4 is 17.3 Å². The second-order valence-corrected chi connectivity index (χ2v) is 4.54. The number of nitrogens with one attached hydrogen (secondary N) is 1. The number of rotatable bonds is 5. The van der Waals surface area contributed by atoms with Crippen LogP contribution in [0.2, 0.25) is 0 Å². The minimum Gasteiger partial charge on any atom is -0.497 e. The molecule has 3 aromatic rings. The van der Waals surface area contributed by atoms with Gasteiger partial charge in [-0.25, -0.2) is 9.37 Å². The number of hydrogen-bond donors (Lipinski definition) is 1. The molecule has 1 aromatic carbocycles. The smallest absolute Gasteiger partial charge is 0.254 e. The molecule has 0 radical (unpaired) electrons. The molecule has 0 saturated heterocycles. The first-order valence-electron chi connectivity index (χ1n) is 6.50. The van der Waals surface area contributed by atoms with Crippen LogP contribution in [-0.2, 0) is 11.3 Å². The molecule has 7 nitrogen and oxygen atoms in total. The zero-order chi connectivity index (χ0) is 15.5. The Morgan fingerprint density at radius 2 is 2.09 bits per heavy atom. The first kappa shape index (κ1) is 14.2. The second kappa shape index (κ2) is 5.94. The molecule has 3 rings (SSSR count).